The maximum absolute atomic E-state index is 6.02. The molecule has 3 heteroatoms. The molecule has 2 N–H and O–H groups in total. The van der Waals surface area contributed by atoms with Crippen molar-refractivity contribution in [2.24, 2.45) is 5.73 Å². The predicted molar refractivity (Wildman–Crippen MR) is 53.7 cm³/mol. The zero-order chi connectivity index (χ0) is 9.47. The number of pyridine rings is 1. The number of anilines is 1. The number of hydrogen-bond donors (Lipinski definition) is 1. The van der Waals surface area contributed by atoms with Crippen molar-refractivity contribution in [3.63, 3.8) is 0 Å². The third-order valence-electron chi connectivity index (χ3n) is 2.56. The second-order valence-corrected chi connectivity index (χ2v) is 3.95. The number of nitrogens with two attached hydrogens (primary N) is 1. The summed E-state index contributed by atoms with van der Waals surface area (Å²) in [4.78, 5) is 6.40. The average molecular weight is 177 g/mol. The quantitative estimate of drug-likeness (QED) is 0.735. The summed E-state index contributed by atoms with van der Waals surface area (Å²) in [7, 11) is 4.01. The minimum Gasteiger partial charge on any atom is -0.376 e. The molecule has 1 fully saturated rings. The largest absolute Gasteiger partial charge is 0.376 e. The SMILES string of the molecule is CN(C)c1ccc(C2(N)CC2)nc1. The monoisotopic (exact) mass is 177 g/mol. The highest BCUT2D eigenvalue weighted by Gasteiger charge is 2.41. The van der Waals surface area contributed by atoms with Gasteiger partial charge in [0.05, 0.1) is 23.1 Å². The van der Waals surface area contributed by atoms with Crippen molar-refractivity contribution in [3.8, 4) is 0 Å². The minimum atomic E-state index is -0.106. The number of nitrogens with zero attached hydrogens (tertiary/aromatic N) is 2. The Morgan fingerprint density at radius 1 is 1.38 bits per heavy atom. The molecule has 1 aliphatic rings. The highest BCUT2D eigenvalue weighted by Crippen LogP contribution is 2.41. The average Bonchev–Trinajstić information content (AvgIpc) is 2.85. The zero-order valence-corrected chi connectivity index (χ0v) is 8.12. The summed E-state index contributed by atoms with van der Waals surface area (Å²) in [5.41, 5.74) is 8.06. The maximum Gasteiger partial charge on any atom is 0.0604 e. The topological polar surface area (TPSA) is 42.1 Å². The number of aromatic nitrogens is 1. The standard InChI is InChI=1S/C10H15N3/c1-13(2)8-3-4-9(12-7-8)10(11)5-6-10/h3-4,7H,5-6,11H2,1-2H3. The van der Waals surface area contributed by atoms with Crippen molar-refractivity contribution in [1.82, 2.24) is 4.98 Å². The van der Waals surface area contributed by atoms with Crippen LogP contribution in [-0.2, 0) is 5.54 Å². The normalized spacial score (nSPS) is 18.4. The predicted octanol–water partition coefficient (Wildman–Crippen LogP) is 1.10. The van der Waals surface area contributed by atoms with Gasteiger partial charge in [-0.3, -0.25) is 4.98 Å². The van der Waals surface area contributed by atoms with Crippen LogP contribution in [0.15, 0.2) is 18.3 Å². The van der Waals surface area contributed by atoms with Gasteiger partial charge in [0, 0.05) is 14.1 Å². The van der Waals surface area contributed by atoms with Crippen LogP contribution < -0.4 is 10.6 Å². The Bertz CT molecular complexity index is 298. The minimum absolute atomic E-state index is 0.106. The molecule has 70 valence electrons. The van der Waals surface area contributed by atoms with E-state index in [0.29, 0.717) is 0 Å². The molecule has 1 saturated carbocycles. The van der Waals surface area contributed by atoms with Crippen LogP contribution >= 0.6 is 0 Å². The molecule has 0 unspecified atom stereocenters. The molecule has 0 radical (unpaired) electrons. The lowest BCUT2D eigenvalue weighted by Crippen LogP contribution is -2.20. The Kier molecular flexibility index (Phi) is 1.77. The van der Waals surface area contributed by atoms with Crippen molar-refractivity contribution in [1.29, 1.82) is 0 Å². The Labute approximate surface area is 78.6 Å². The van der Waals surface area contributed by atoms with Crippen molar-refractivity contribution < 1.29 is 0 Å². The summed E-state index contributed by atoms with van der Waals surface area (Å²) in [6.07, 6.45) is 4.02. The molecule has 0 aliphatic heterocycles. The van der Waals surface area contributed by atoms with Crippen LogP contribution in [0.2, 0.25) is 0 Å². The summed E-state index contributed by atoms with van der Waals surface area (Å²) >= 11 is 0. The first-order chi connectivity index (χ1) is 6.12. The second kappa shape index (κ2) is 2.70. The lowest BCUT2D eigenvalue weighted by atomic mass is 10.2. The Morgan fingerprint density at radius 2 is 2.08 bits per heavy atom. The molecule has 1 aliphatic carbocycles. The molecular formula is C10H15N3. The van der Waals surface area contributed by atoms with Gasteiger partial charge in [0.2, 0.25) is 0 Å². The van der Waals surface area contributed by atoms with Crippen LogP contribution in [-0.4, -0.2) is 19.1 Å². The molecule has 0 spiro atoms. The summed E-state index contributed by atoms with van der Waals surface area (Å²) in [6.45, 7) is 0. The highest BCUT2D eigenvalue weighted by molar-refractivity contribution is 5.43. The Morgan fingerprint density at radius 3 is 2.46 bits per heavy atom. The third-order valence-corrected chi connectivity index (χ3v) is 2.56. The van der Waals surface area contributed by atoms with E-state index in [1.807, 2.05) is 31.3 Å². The van der Waals surface area contributed by atoms with E-state index >= 15 is 0 Å². The van der Waals surface area contributed by atoms with E-state index in [2.05, 4.69) is 11.1 Å². The zero-order valence-electron chi connectivity index (χ0n) is 8.12. The molecule has 2 rings (SSSR count). The first-order valence-electron chi connectivity index (χ1n) is 4.54. The van der Waals surface area contributed by atoms with E-state index < -0.39 is 0 Å². The lowest BCUT2D eigenvalue weighted by Gasteiger charge is -2.13. The van der Waals surface area contributed by atoms with E-state index in [9.17, 15) is 0 Å². The van der Waals surface area contributed by atoms with Crippen molar-refractivity contribution in [2.45, 2.75) is 18.4 Å². The van der Waals surface area contributed by atoms with E-state index in [4.69, 9.17) is 5.73 Å². The van der Waals surface area contributed by atoms with Gasteiger partial charge in [-0.1, -0.05) is 0 Å². The lowest BCUT2D eigenvalue weighted by molar-refractivity contribution is 0.707. The molecule has 0 atom stereocenters. The van der Waals surface area contributed by atoms with E-state index in [-0.39, 0.29) is 5.54 Å². The first-order valence-corrected chi connectivity index (χ1v) is 4.54. The van der Waals surface area contributed by atoms with Crippen LogP contribution in [0.25, 0.3) is 0 Å². The van der Waals surface area contributed by atoms with Gasteiger partial charge in [0.1, 0.15) is 0 Å². The van der Waals surface area contributed by atoms with Gasteiger partial charge < -0.3 is 10.6 Å². The molecule has 1 aromatic heterocycles. The summed E-state index contributed by atoms with van der Waals surface area (Å²) in [5, 5.41) is 0. The summed E-state index contributed by atoms with van der Waals surface area (Å²) in [6, 6.07) is 4.09. The van der Waals surface area contributed by atoms with Gasteiger partial charge >= 0.3 is 0 Å². The van der Waals surface area contributed by atoms with Gasteiger partial charge in [0.15, 0.2) is 0 Å². The van der Waals surface area contributed by atoms with E-state index in [1.54, 1.807) is 0 Å². The number of hydrogen-bond acceptors (Lipinski definition) is 3. The van der Waals surface area contributed by atoms with Crippen LogP contribution in [0.4, 0.5) is 5.69 Å². The molecule has 13 heavy (non-hydrogen) atoms. The van der Waals surface area contributed by atoms with Crippen LogP contribution in [0, 0.1) is 0 Å². The van der Waals surface area contributed by atoms with Crippen molar-refractivity contribution >= 4 is 5.69 Å². The fourth-order valence-corrected chi connectivity index (χ4v) is 1.34. The van der Waals surface area contributed by atoms with Gasteiger partial charge in [0.25, 0.3) is 0 Å². The molecular weight excluding hydrogens is 162 g/mol. The highest BCUT2D eigenvalue weighted by atomic mass is 15.1. The fourth-order valence-electron chi connectivity index (χ4n) is 1.34. The second-order valence-electron chi connectivity index (χ2n) is 3.95. The van der Waals surface area contributed by atoms with E-state index in [0.717, 1.165) is 24.2 Å². The smallest absolute Gasteiger partial charge is 0.0604 e. The van der Waals surface area contributed by atoms with Crippen LogP contribution in [0.3, 0.4) is 0 Å². The fraction of sp³-hybridized carbons (Fsp3) is 0.500. The molecule has 3 nitrogen and oxygen atoms in total. The van der Waals surface area contributed by atoms with Crippen LogP contribution in [0.1, 0.15) is 18.5 Å². The summed E-state index contributed by atoms with van der Waals surface area (Å²) in [5.74, 6) is 0. The molecule has 0 bridgehead atoms. The molecule has 0 saturated heterocycles. The van der Waals surface area contributed by atoms with Gasteiger partial charge in [-0.15, -0.1) is 0 Å². The first kappa shape index (κ1) is 8.51. The van der Waals surface area contributed by atoms with E-state index in [1.165, 1.54) is 0 Å². The molecule has 1 heterocycles. The molecule has 0 amide bonds. The van der Waals surface area contributed by atoms with Gasteiger partial charge in [-0.25, -0.2) is 0 Å². The van der Waals surface area contributed by atoms with Gasteiger partial charge in [-0.2, -0.15) is 0 Å². The third kappa shape index (κ3) is 1.52. The van der Waals surface area contributed by atoms with Crippen molar-refractivity contribution in [2.75, 3.05) is 19.0 Å². The molecule has 0 aromatic carbocycles. The van der Waals surface area contributed by atoms with Gasteiger partial charge in [-0.05, 0) is 25.0 Å². The Balaban J connectivity index is 2.24. The summed E-state index contributed by atoms with van der Waals surface area (Å²) < 4.78 is 0. The molecule has 1 aromatic rings. The number of rotatable bonds is 2. The van der Waals surface area contributed by atoms with Crippen LogP contribution in [0.5, 0.6) is 0 Å². The van der Waals surface area contributed by atoms with Crippen molar-refractivity contribution in [3.05, 3.63) is 24.0 Å². The maximum atomic E-state index is 6.02. The Hall–Kier alpha value is -1.09.